The van der Waals surface area contributed by atoms with Gasteiger partial charge in [-0.3, -0.25) is 14.4 Å². The zero-order valence-corrected chi connectivity index (χ0v) is 18.0. The van der Waals surface area contributed by atoms with Crippen molar-refractivity contribution < 1.29 is 29.0 Å². The fourth-order valence-corrected chi connectivity index (χ4v) is 3.82. The SMILES string of the molecule is CC(C)C(=O)N1CCN(C(=O)OC(C)(C)C)CC12CN([C@H](C(N)=O)[C@@H](C)O)C2=O. The molecule has 2 aliphatic heterocycles. The fourth-order valence-electron chi connectivity index (χ4n) is 3.82. The summed E-state index contributed by atoms with van der Waals surface area (Å²) in [5.74, 6) is -1.89. The summed E-state index contributed by atoms with van der Waals surface area (Å²) in [4.78, 5) is 54.4. The summed E-state index contributed by atoms with van der Waals surface area (Å²) in [6.07, 6.45) is -1.73. The number of aliphatic hydroxyl groups is 1. The van der Waals surface area contributed by atoms with Crippen LogP contribution in [0.15, 0.2) is 0 Å². The van der Waals surface area contributed by atoms with E-state index in [0.29, 0.717) is 0 Å². The molecule has 3 N–H and O–H groups in total. The monoisotopic (exact) mass is 412 g/mol. The molecule has 3 atom stereocenters. The van der Waals surface area contributed by atoms with Gasteiger partial charge in [0, 0.05) is 19.0 Å². The lowest BCUT2D eigenvalue weighted by molar-refractivity contribution is -0.187. The van der Waals surface area contributed by atoms with Gasteiger partial charge in [0.25, 0.3) is 5.91 Å². The van der Waals surface area contributed by atoms with E-state index in [0.717, 1.165) is 0 Å². The quantitative estimate of drug-likeness (QED) is 0.600. The van der Waals surface area contributed by atoms with E-state index in [1.807, 2.05) is 0 Å². The summed E-state index contributed by atoms with van der Waals surface area (Å²) in [6.45, 7) is 10.4. The Kier molecular flexibility index (Phi) is 6.18. The van der Waals surface area contributed by atoms with Crippen molar-refractivity contribution in [1.29, 1.82) is 0 Å². The number of primary amides is 1. The molecule has 2 saturated heterocycles. The smallest absolute Gasteiger partial charge is 0.410 e. The molecule has 164 valence electrons. The Balaban J connectivity index is 2.32. The molecule has 2 aliphatic rings. The number of amides is 4. The number of hydrogen-bond donors (Lipinski definition) is 2. The summed E-state index contributed by atoms with van der Waals surface area (Å²) in [5.41, 5.74) is 3.37. The Morgan fingerprint density at radius 2 is 1.72 bits per heavy atom. The highest BCUT2D eigenvalue weighted by atomic mass is 16.6. The summed E-state index contributed by atoms with van der Waals surface area (Å²) >= 11 is 0. The first kappa shape index (κ1) is 22.9. The molecule has 29 heavy (non-hydrogen) atoms. The number of carbonyl (C=O) groups excluding carboxylic acids is 4. The van der Waals surface area contributed by atoms with Crippen LogP contribution in [0, 0.1) is 5.92 Å². The van der Waals surface area contributed by atoms with E-state index in [2.05, 4.69) is 0 Å². The van der Waals surface area contributed by atoms with Gasteiger partial charge in [-0.1, -0.05) is 13.8 Å². The highest BCUT2D eigenvalue weighted by molar-refractivity contribution is 6.01. The molecule has 0 saturated carbocycles. The van der Waals surface area contributed by atoms with E-state index >= 15 is 0 Å². The second-order valence-corrected chi connectivity index (χ2v) is 9.10. The summed E-state index contributed by atoms with van der Waals surface area (Å²) in [7, 11) is 0. The third-order valence-corrected chi connectivity index (χ3v) is 5.15. The average Bonchev–Trinajstić information content (AvgIpc) is 2.58. The topological polar surface area (TPSA) is 133 Å². The molecule has 10 nitrogen and oxygen atoms in total. The Hall–Kier alpha value is -2.36. The number of likely N-dealkylation sites (tertiary alicyclic amines) is 1. The maximum absolute atomic E-state index is 13.2. The minimum atomic E-state index is -1.29. The number of β-lactam (4-membered cyclic amide) rings is 1. The molecule has 0 aromatic heterocycles. The average molecular weight is 412 g/mol. The highest BCUT2D eigenvalue weighted by Gasteiger charge is 2.63. The molecular formula is C19H32N4O6. The van der Waals surface area contributed by atoms with Crippen molar-refractivity contribution in [2.24, 2.45) is 11.7 Å². The number of nitrogens with zero attached hydrogens (tertiary/aromatic N) is 3. The Labute approximate surface area is 170 Å². The zero-order valence-electron chi connectivity index (χ0n) is 18.0. The van der Waals surface area contributed by atoms with Crippen LogP contribution in [0.25, 0.3) is 0 Å². The van der Waals surface area contributed by atoms with Crippen molar-refractivity contribution >= 4 is 23.8 Å². The standard InChI is InChI=1S/C19H32N4O6/c1-11(2)15(26)23-8-7-21(17(28)29-18(4,5)6)9-19(23)10-22(16(19)27)13(12(3)24)14(20)25/h11-13,24H,7-10H2,1-6H3,(H2,20,25)/t12-,13+,19?/m1/s1. The van der Waals surface area contributed by atoms with Crippen LogP contribution in [0.5, 0.6) is 0 Å². The summed E-state index contributed by atoms with van der Waals surface area (Å²) in [6, 6.07) is -1.19. The lowest BCUT2D eigenvalue weighted by Crippen LogP contribution is -2.83. The molecular weight excluding hydrogens is 380 g/mol. The van der Waals surface area contributed by atoms with Gasteiger partial charge in [0.15, 0.2) is 5.54 Å². The fraction of sp³-hybridized carbons (Fsp3) is 0.789. The van der Waals surface area contributed by atoms with Crippen LogP contribution >= 0.6 is 0 Å². The second-order valence-electron chi connectivity index (χ2n) is 9.10. The van der Waals surface area contributed by atoms with Crippen LogP contribution in [-0.4, -0.2) is 93.1 Å². The number of nitrogens with two attached hydrogens (primary N) is 1. The van der Waals surface area contributed by atoms with Crippen LogP contribution < -0.4 is 5.73 Å². The van der Waals surface area contributed by atoms with E-state index in [4.69, 9.17) is 10.5 Å². The van der Waals surface area contributed by atoms with E-state index in [-0.39, 0.29) is 38.0 Å². The van der Waals surface area contributed by atoms with E-state index in [1.54, 1.807) is 34.6 Å². The first-order valence-electron chi connectivity index (χ1n) is 9.79. The largest absolute Gasteiger partial charge is 0.444 e. The number of ether oxygens (including phenoxy) is 1. The van der Waals surface area contributed by atoms with Crippen molar-refractivity contribution in [3.05, 3.63) is 0 Å². The van der Waals surface area contributed by atoms with Gasteiger partial charge in [-0.05, 0) is 27.7 Å². The number of aliphatic hydroxyl groups excluding tert-OH is 1. The molecule has 4 amide bonds. The summed E-state index contributed by atoms with van der Waals surface area (Å²) < 4.78 is 5.41. The second kappa shape index (κ2) is 7.81. The van der Waals surface area contributed by atoms with Gasteiger partial charge in [0.2, 0.25) is 11.8 Å². The van der Waals surface area contributed by atoms with E-state index < -0.39 is 41.2 Å². The van der Waals surface area contributed by atoms with Gasteiger partial charge >= 0.3 is 6.09 Å². The normalized spacial score (nSPS) is 24.4. The first-order valence-corrected chi connectivity index (χ1v) is 9.79. The minimum absolute atomic E-state index is 0.00208. The third kappa shape index (κ3) is 4.31. The van der Waals surface area contributed by atoms with Crippen molar-refractivity contribution in [3.63, 3.8) is 0 Å². The molecule has 1 unspecified atom stereocenters. The van der Waals surface area contributed by atoms with Crippen LogP contribution in [0.3, 0.4) is 0 Å². The minimum Gasteiger partial charge on any atom is -0.444 e. The van der Waals surface area contributed by atoms with Crippen LogP contribution in [0.4, 0.5) is 4.79 Å². The van der Waals surface area contributed by atoms with E-state index in [1.165, 1.54) is 21.6 Å². The molecule has 0 aromatic rings. The van der Waals surface area contributed by atoms with Gasteiger partial charge in [-0.15, -0.1) is 0 Å². The van der Waals surface area contributed by atoms with Gasteiger partial charge in [0.05, 0.1) is 19.2 Å². The highest BCUT2D eigenvalue weighted by Crippen LogP contribution is 2.36. The molecule has 0 radical (unpaired) electrons. The molecule has 0 aliphatic carbocycles. The third-order valence-electron chi connectivity index (χ3n) is 5.15. The van der Waals surface area contributed by atoms with Crippen molar-refractivity contribution in [1.82, 2.24) is 14.7 Å². The maximum atomic E-state index is 13.2. The Morgan fingerprint density at radius 1 is 1.14 bits per heavy atom. The molecule has 0 bridgehead atoms. The predicted molar refractivity (Wildman–Crippen MR) is 103 cm³/mol. The Morgan fingerprint density at radius 3 is 2.14 bits per heavy atom. The number of hydrogen-bond acceptors (Lipinski definition) is 6. The number of carbonyl (C=O) groups is 4. The van der Waals surface area contributed by atoms with Gasteiger partial charge in [-0.2, -0.15) is 0 Å². The number of rotatable bonds is 4. The maximum Gasteiger partial charge on any atom is 0.410 e. The lowest BCUT2D eigenvalue weighted by atomic mass is 9.81. The predicted octanol–water partition coefficient (Wildman–Crippen LogP) is -0.463. The van der Waals surface area contributed by atoms with Crippen molar-refractivity contribution in [2.75, 3.05) is 26.2 Å². The lowest BCUT2D eigenvalue weighted by Gasteiger charge is -2.59. The van der Waals surface area contributed by atoms with Crippen molar-refractivity contribution in [2.45, 2.75) is 64.8 Å². The van der Waals surface area contributed by atoms with Crippen LogP contribution in [0.1, 0.15) is 41.5 Å². The first-order chi connectivity index (χ1) is 13.2. The molecule has 0 aromatic carbocycles. The van der Waals surface area contributed by atoms with Gasteiger partial charge in [-0.25, -0.2) is 4.79 Å². The summed E-state index contributed by atoms with van der Waals surface area (Å²) in [5, 5.41) is 9.89. The van der Waals surface area contributed by atoms with E-state index in [9.17, 15) is 24.3 Å². The number of piperazine rings is 1. The zero-order chi connectivity index (χ0) is 22.3. The molecule has 1 spiro atoms. The van der Waals surface area contributed by atoms with Gasteiger partial charge < -0.3 is 30.3 Å². The van der Waals surface area contributed by atoms with Gasteiger partial charge in [0.1, 0.15) is 11.6 Å². The Bertz CT molecular complexity index is 701. The molecule has 10 heteroatoms. The molecule has 2 heterocycles. The molecule has 2 fully saturated rings. The van der Waals surface area contributed by atoms with Crippen molar-refractivity contribution in [3.8, 4) is 0 Å². The molecule has 2 rings (SSSR count). The van der Waals surface area contributed by atoms with Crippen LogP contribution in [-0.2, 0) is 19.1 Å². The van der Waals surface area contributed by atoms with Crippen LogP contribution in [0.2, 0.25) is 0 Å².